The molecular weight excluding hydrogens is 480 g/mol. The molecule has 198 valence electrons. The highest BCUT2D eigenvalue weighted by molar-refractivity contribution is 5.89. The highest BCUT2D eigenvalue weighted by Gasteiger charge is 2.24. The number of aromatic nitrogens is 4. The van der Waals surface area contributed by atoms with Crippen LogP contribution in [0.2, 0.25) is 0 Å². The molecule has 0 bridgehead atoms. The first kappa shape index (κ1) is 25.7. The third-order valence-corrected chi connectivity index (χ3v) is 7.36. The Balaban J connectivity index is 1.49. The number of nitrogens with one attached hydrogen (secondary N) is 2. The van der Waals surface area contributed by atoms with E-state index in [1.165, 1.54) is 0 Å². The van der Waals surface area contributed by atoms with Gasteiger partial charge in [0.1, 0.15) is 5.65 Å². The molecule has 9 nitrogen and oxygen atoms in total. The molecule has 38 heavy (non-hydrogen) atoms. The third kappa shape index (κ3) is 5.06. The summed E-state index contributed by atoms with van der Waals surface area (Å²) < 4.78 is 7.70. The minimum absolute atomic E-state index is 0.0108. The maximum Gasteiger partial charge on any atom is 0.253 e. The van der Waals surface area contributed by atoms with Crippen LogP contribution in [0, 0.1) is 20.8 Å². The van der Waals surface area contributed by atoms with Crippen molar-refractivity contribution in [1.29, 1.82) is 0 Å². The van der Waals surface area contributed by atoms with Crippen LogP contribution in [0.1, 0.15) is 46.6 Å². The van der Waals surface area contributed by atoms with Crippen molar-refractivity contribution in [2.75, 3.05) is 31.2 Å². The number of aromatic amines is 1. The number of morpholine rings is 1. The molecule has 4 aromatic rings. The highest BCUT2D eigenvalue weighted by Crippen LogP contribution is 2.32. The van der Waals surface area contributed by atoms with Crippen molar-refractivity contribution >= 4 is 22.9 Å². The van der Waals surface area contributed by atoms with Gasteiger partial charge in [-0.1, -0.05) is 30.3 Å². The lowest BCUT2D eigenvalue weighted by molar-refractivity contribution is -0.120. The molecule has 1 amide bonds. The van der Waals surface area contributed by atoms with Crippen molar-refractivity contribution < 1.29 is 9.53 Å². The van der Waals surface area contributed by atoms with E-state index in [-0.39, 0.29) is 30.5 Å². The number of pyridine rings is 1. The SMILES string of the molecule is Cc1cc(C)c(CNC(=O)Cc2c(C)n([C@H](C)c3ccccc3)c3nc(N4CCOCC4)ncc23)c(=O)[nH]1. The number of carbonyl (C=O) groups is 1. The van der Waals surface area contributed by atoms with Crippen molar-refractivity contribution in [1.82, 2.24) is 24.8 Å². The van der Waals surface area contributed by atoms with Crippen LogP contribution in [0.25, 0.3) is 11.0 Å². The minimum atomic E-state index is -0.170. The van der Waals surface area contributed by atoms with E-state index in [4.69, 9.17) is 9.72 Å². The summed E-state index contributed by atoms with van der Waals surface area (Å²) in [5.41, 5.74) is 5.89. The first-order valence-corrected chi connectivity index (χ1v) is 13.0. The number of benzene rings is 1. The smallest absolute Gasteiger partial charge is 0.253 e. The molecule has 1 saturated heterocycles. The molecule has 0 aliphatic carbocycles. The van der Waals surface area contributed by atoms with E-state index in [0.717, 1.165) is 52.2 Å². The van der Waals surface area contributed by atoms with Gasteiger partial charge in [-0.2, -0.15) is 4.98 Å². The Morgan fingerprint density at radius 2 is 1.87 bits per heavy atom. The second kappa shape index (κ2) is 10.8. The van der Waals surface area contributed by atoms with Gasteiger partial charge in [-0.25, -0.2) is 4.98 Å². The average molecular weight is 515 g/mol. The van der Waals surface area contributed by atoms with Crippen molar-refractivity contribution in [2.24, 2.45) is 0 Å². The molecule has 0 spiro atoms. The van der Waals surface area contributed by atoms with Gasteiger partial charge in [0.15, 0.2) is 0 Å². The highest BCUT2D eigenvalue weighted by atomic mass is 16.5. The van der Waals surface area contributed by atoms with Gasteiger partial charge in [0.05, 0.1) is 25.7 Å². The zero-order valence-electron chi connectivity index (χ0n) is 22.4. The second-order valence-electron chi connectivity index (χ2n) is 9.92. The summed E-state index contributed by atoms with van der Waals surface area (Å²) in [6, 6.07) is 12.2. The van der Waals surface area contributed by atoms with Crippen LogP contribution in [0.4, 0.5) is 5.95 Å². The first-order chi connectivity index (χ1) is 18.3. The zero-order chi connectivity index (χ0) is 26.8. The van der Waals surface area contributed by atoms with E-state index in [9.17, 15) is 9.59 Å². The lowest BCUT2D eigenvalue weighted by Crippen LogP contribution is -2.37. The number of hydrogen-bond donors (Lipinski definition) is 2. The molecule has 1 fully saturated rings. The number of hydrogen-bond acceptors (Lipinski definition) is 6. The molecule has 5 rings (SSSR count). The summed E-state index contributed by atoms with van der Waals surface area (Å²) in [5.74, 6) is 0.515. The molecule has 0 radical (unpaired) electrons. The maximum atomic E-state index is 13.1. The fourth-order valence-electron chi connectivity index (χ4n) is 5.26. The number of fused-ring (bicyclic) bond motifs is 1. The summed E-state index contributed by atoms with van der Waals surface area (Å²) in [7, 11) is 0. The Labute approximate surface area is 221 Å². The number of nitrogens with zero attached hydrogens (tertiary/aromatic N) is 4. The second-order valence-corrected chi connectivity index (χ2v) is 9.92. The standard InChI is InChI=1S/C29H34N6O3/c1-18-14-19(2)32-28(37)24(18)16-30-26(36)15-23-21(4)35(20(3)22-8-6-5-7-9-22)27-25(23)17-31-29(33-27)34-10-12-38-13-11-34/h5-9,14,17,20H,10-13,15-16H2,1-4H3,(H,30,36)(H,32,37)/t20-/m1/s1. The largest absolute Gasteiger partial charge is 0.378 e. The van der Waals surface area contributed by atoms with E-state index in [1.54, 1.807) is 0 Å². The number of aryl methyl sites for hydroxylation is 2. The van der Waals surface area contributed by atoms with E-state index < -0.39 is 0 Å². The molecule has 3 aromatic heterocycles. The van der Waals surface area contributed by atoms with Crippen molar-refractivity contribution in [3.8, 4) is 0 Å². The van der Waals surface area contributed by atoms with Gasteiger partial charge >= 0.3 is 0 Å². The number of H-pyrrole nitrogens is 1. The molecule has 0 saturated carbocycles. The Morgan fingerprint density at radius 3 is 2.58 bits per heavy atom. The van der Waals surface area contributed by atoms with Crippen LogP contribution in [-0.4, -0.2) is 51.7 Å². The van der Waals surface area contributed by atoms with Gasteiger partial charge in [-0.05, 0) is 50.5 Å². The van der Waals surface area contributed by atoms with Crippen molar-refractivity contribution in [3.05, 3.63) is 86.6 Å². The van der Waals surface area contributed by atoms with Gasteiger partial charge in [-0.3, -0.25) is 9.59 Å². The Morgan fingerprint density at radius 1 is 1.13 bits per heavy atom. The number of amides is 1. The number of anilines is 1. The molecule has 1 aliphatic rings. The van der Waals surface area contributed by atoms with Crippen molar-refractivity contribution in [2.45, 2.75) is 46.7 Å². The van der Waals surface area contributed by atoms with Crippen LogP contribution in [0.3, 0.4) is 0 Å². The molecular formula is C29H34N6O3. The van der Waals surface area contributed by atoms with E-state index in [1.807, 2.05) is 51.2 Å². The van der Waals surface area contributed by atoms with Crippen LogP contribution in [-0.2, 0) is 22.5 Å². The fourth-order valence-corrected chi connectivity index (χ4v) is 5.26. The quantitative estimate of drug-likeness (QED) is 0.392. The number of rotatable bonds is 7. The summed E-state index contributed by atoms with van der Waals surface area (Å²) in [6.07, 6.45) is 2.01. The molecule has 1 atom stereocenters. The number of carbonyl (C=O) groups excluding carboxylic acids is 1. The van der Waals surface area contributed by atoms with Crippen molar-refractivity contribution in [3.63, 3.8) is 0 Å². The average Bonchev–Trinajstić information content (AvgIpc) is 3.18. The van der Waals surface area contributed by atoms with E-state index in [2.05, 4.69) is 43.8 Å². The molecule has 2 N–H and O–H groups in total. The molecule has 0 unspecified atom stereocenters. The Kier molecular flexibility index (Phi) is 7.28. The maximum absolute atomic E-state index is 13.1. The molecule has 9 heteroatoms. The predicted octanol–water partition coefficient (Wildman–Crippen LogP) is 3.35. The van der Waals surface area contributed by atoms with Crippen LogP contribution >= 0.6 is 0 Å². The van der Waals surface area contributed by atoms with Gasteiger partial charge in [0.2, 0.25) is 11.9 Å². The van der Waals surface area contributed by atoms with E-state index >= 15 is 0 Å². The summed E-state index contributed by atoms with van der Waals surface area (Å²) in [5, 5.41) is 3.81. The monoisotopic (exact) mass is 514 g/mol. The normalized spacial score (nSPS) is 14.6. The number of ether oxygens (including phenoxy) is 1. The van der Waals surface area contributed by atoms with Gasteiger partial charge < -0.3 is 24.5 Å². The predicted molar refractivity (Wildman–Crippen MR) is 148 cm³/mol. The van der Waals surface area contributed by atoms with Gasteiger partial charge in [0, 0.05) is 48.2 Å². The Hall–Kier alpha value is -3.98. The Bertz CT molecular complexity index is 1520. The zero-order valence-corrected chi connectivity index (χ0v) is 22.4. The summed E-state index contributed by atoms with van der Waals surface area (Å²) >= 11 is 0. The van der Waals surface area contributed by atoms with Gasteiger partial charge in [0.25, 0.3) is 5.56 Å². The fraction of sp³-hybridized carbons (Fsp3) is 0.379. The minimum Gasteiger partial charge on any atom is -0.378 e. The van der Waals surface area contributed by atoms with Crippen LogP contribution in [0.5, 0.6) is 0 Å². The lowest BCUT2D eigenvalue weighted by Gasteiger charge is -2.27. The molecule has 4 heterocycles. The topological polar surface area (TPSA) is 105 Å². The van der Waals surface area contributed by atoms with Crippen LogP contribution in [0.15, 0.2) is 47.4 Å². The van der Waals surface area contributed by atoms with Crippen LogP contribution < -0.4 is 15.8 Å². The third-order valence-electron chi connectivity index (χ3n) is 7.36. The summed E-state index contributed by atoms with van der Waals surface area (Å²) in [4.78, 5) is 40.2. The van der Waals surface area contributed by atoms with Gasteiger partial charge in [-0.15, -0.1) is 0 Å². The molecule has 1 aliphatic heterocycles. The molecule has 1 aromatic carbocycles. The first-order valence-electron chi connectivity index (χ1n) is 13.0. The van der Waals surface area contributed by atoms with E-state index in [0.29, 0.717) is 24.7 Å². The summed E-state index contributed by atoms with van der Waals surface area (Å²) in [6.45, 7) is 10.9. The lowest BCUT2D eigenvalue weighted by atomic mass is 10.1.